The molecule has 0 amide bonds. The first-order valence-electron chi connectivity index (χ1n) is 11.7. The van der Waals surface area contributed by atoms with Crippen LogP contribution in [0.3, 0.4) is 0 Å². The highest BCUT2D eigenvalue weighted by molar-refractivity contribution is 6.22. The van der Waals surface area contributed by atoms with Gasteiger partial charge >= 0.3 is 0 Å². The second kappa shape index (κ2) is 8.85. The fraction of sp³-hybridized carbons (Fsp3) is 0.909. The summed E-state index contributed by atoms with van der Waals surface area (Å²) in [5.41, 5.74) is -1.12. The highest BCUT2D eigenvalue weighted by Gasteiger charge is 2.69. The van der Waals surface area contributed by atoms with E-state index >= 15 is 0 Å². The van der Waals surface area contributed by atoms with E-state index in [1.807, 2.05) is 6.92 Å². The number of carbonyl (C=O) groups excluding carboxylic acids is 2. The molecule has 10 heteroatoms. The van der Waals surface area contributed by atoms with Crippen molar-refractivity contribution in [2.24, 2.45) is 17.8 Å². The Morgan fingerprint density at radius 2 is 1.88 bits per heavy atom. The second-order valence-corrected chi connectivity index (χ2v) is 10.3. The molecule has 0 bridgehead atoms. The number of ketones is 2. The molecule has 8 unspecified atom stereocenters. The van der Waals surface area contributed by atoms with Crippen molar-refractivity contribution in [3.8, 4) is 0 Å². The number of morpholine rings is 1. The van der Waals surface area contributed by atoms with Gasteiger partial charge in [0.05, 0.1) is 48.9 Å². The average Bonchev–Trinajstić information content (AvgIpc) is 3.13. The van der Waals surface area contributed by atoms with E-state index in [1.165, 1.54) is 0 Å². The highest BCUT2D eigenvalue weighted by Crippen LogP contribution is 2.52. The summed E-state index contributed by atoms with van der Waals surface area (Å²) >= 11 is 6.80. The molecule has 9 nitrogen and oxygen atoms in total. The summed E-state index contributed by atoms with van der Waals surface area (Å²) in [5, 5.41) is 6.61. The van der Waals surface area contributed by atoms with Crippen LogP contribution in [-0.4, -0.2) is 105 Å². The zero-order valence-corrected chi connectivity index (χ0v) is 19.7. The smallest absolute Gasteiger partial charge is 0.174 e. The lowest BCUT2D eigenvalue weighted by Gasteiger charge is -2.53. The minimum atomic E-state index is -1.12. The van der Waals surface area contributed by atoms with Crippen molar-refractivity contribution >= 4 is 23.2 Å². The maximum Gasteiger partial charge on any atom is 0.174 e. The molecule has 10 atom stereocenters. The molecular weight excluding hydrogens is 438 g/mol. The van der Waals surface area contributed by atoms with E-state index in [-0.39, 0.29) is 41.9 Å². The van der Waals surface area contributed by atoms with E-state index in [4.69, 9.17) is 30.5 Å². The minimum absolute atomic E-state index is 0.0136. The first-order valence-corrected chi connectivity index (χ1v) is 12.1. The van der Waals surface area contributed by atoms with E-state index < -0.39 is 29.0 Å². The standard InChI is InChI=1S/C22H34ClN3O6/c1-11-8-13(27)12-10-24-21(26-4-6-31-7-5-26)25-19(12)22(11)20(28)16-14(29-2)9-15(30-3)17(23)18(16)32-22/h11-12,14-19,21,24-25H,4-10H2,1-3H3/t11-,12?,14?,15?,16?,17?,18?,19?,21?,22+/m1/s1. The van der Waals surface area contributed by atoms with Crippen molar-refractivity contribution in [2.45, 2.75) is 61.4 Å². The van der Waals surface area contributed by atoms with Crippen LogP contribution >= 0.6 is 11.6 Å². The van der Waals surface area contributed by atoms with Crippen LogP contribution in [0.2, 0.25) is 0 Å². The van der Waals surface area contributed by atoms with Gasteiger partial charge in [0.15, 0.2) is 5.78 Å². The Kier molecular flexibility index (Phi) is 6.39. The predicted octanol–water partition coefficient (Wildman–Crippen LogP) is -0.247. The van der Waals surface area contributed by atoms with Crippen molar-refractivity contribution in [1.29, 1.82) is 0 Å². The van der Waals surface area contributed by atoms with Crippen LogP contribution in [0.1, 0.15) is 19.8 Å². The van der Waals surface area contributed by atoms with Gasteiger partial charge in [-0.1, -0.05) is 6.92 Å². The van der Waals surface area contributed by atoms with E-state index in [2.05, 4.69) is 15.5 Å². The topological polar surface area (TPSA) is 98.4 Å². The first kappa shape index (κ1) is 23.1. The third-order valence-electron chi connectivity index (χ3n) is 8.31. The number of hydrogen-bond acceptors (Lipinski definition) is 9. The number of hydrogen-bond donors (Lipinski definition) is 2. The van der Waals surface area contributed by atoms with Gasteiger partial charge in [0.2, 0.25) is 0 Å². The van der Waals surface area contributed by atoms with Crippen molar-refractivity contribution in [3.63, 3.8) is 0 Å². The summed E-state index contributed by atoms with van der Waals surface area (Å²) < 4.78 is 23.6. The van der Waals surface area contributed by atoms with Gasteiger partial charge in [-0.05, 0) is 0 Å². The molecule has 0 aromatic carbocycles. The highest BCUT2D eigenvalue weighted by atomic mass is 35.5. The van der Waals surface area contributed by atoms with Crippen molar-refractivity contribution < 1.29 is 28.5 Å². The summed E-state index contributed by atoms with van der Waals surface area (Å²) in [6.45, 7) is 5.35. The molecule has 0 aromatic heterocycles. The molecule has 2 N–H and O–H groups in total. The number of nitrogens with zero attached hydrogens (tertiary/aromatic N) is 1. The lowest BCUT2D eigenvalue weighted by Crippen LogP contribution is -2.76. The monoisotopic (exact) mass is 471 g/mol. The van der Waals surface area contributed by atoms with Crippen molar-refractivity contribution in [2.75, 3.05) is 47.1 Å². The molecule has 3 aliphatic heterocycles. The summed E-state index contributed by atoms with van der Waals surface area (Å²) in [5.74, 6) is -0.878. The largest absolute Gasteiger partial charge is 0.380 e. The van der Waals surface area contributed by atoms with E-state index in [0.29, 0.717) is 32.6 Å². The van der Waals surface area contributed by atoms with Gasteiger partial charge in [-0.2, -0.15) is 0 Å². The maximum absolute atomic E-state index is 14.2. The minimum Gasteiger partial charge on any atom is -0.380 e. The molecule has 5 aliphatic rings. The fourth-order valence-electron chi connectivity index (χ4n) is 6.59. The van der Waals surface area contributed by atoms with Crippen molar-refractivity contribution in [3.05, 3.63) is 0 Å². The van der Waals surface area contributed by atoms with Crippen LogP contribution in [-0.2, 0) is 28.5 Å². The summed E-state index contributed by atoms with van der Waals surface area (Å²) in [4.78, 5) is 29.4. The van der Waals surface area contributed by atoms with Gasteiger partial charge in [-0.25, -0.2) is 0 Å². The number of carbonyl (C=O) groups is 2. The number of rotatable bonds is 3. The number of Topliss-reactive ketones (excluding diaryl/α,β-unsaturated/α-hetero) is 2. The molecule has 3 heterocycles. The Hall–Kier alpha value is -0.650. The van der Waals surface area contributed by atoms with Crippen LogP contribution in [0, 0.1) is 17.8 Å². The zero-order chi connectivity index (χ0) is 22.6. The lowest BCUT2D eigenvalue weighted by atomic mass is 9.63. The summed E-state index contributed by atoms with van der Waals surface area (Å²) in [7, 11) is 3.24. The number of ether oxygens (including phenoxy) is 4. The van der Waals surface area contributed by atoms with Gasteiger partial charge in [0.25, 0.3) is 0 Å². The average molecular weight is 472 g/mol. The third kappa shape index (κ3) is 3.40. The molecule has 0 aromatic rings. The molecular formula is C22H34ClN3O6. The fourth-order valence-corrected chi connectivity index (χ4v) is 7.00. The summed E-state index contributed by atoms with van der Waals surface area (Å²) in [6, 6.07) is -0.423. The van der Waals surface area contributed by atoms with E-state index in [0.717, 1.165) is 13.1 Å². The van der Waals surface area contributed by atoms with Crippen molar-refractivity contribution in [1.82, 2.24) is 15.5 Å². The molecule has 2 aliphatic carbocycles. The van der Waals surface area contributed by atoms with Gasteiger partial charge in [0, 0.05) is 58.5 Å². The zero-order valence-electron chi connectivity index (χ0n) is 18.9. The van der Waals surface area contributed by atoms with E-state index in [1.54, 1.807) is 14.2 Å². The number of fused-ring (bicyclic) bond motifs is 3. The van der Waals surface area contributed by atoms with Crippen LogP contribution < -0.4 is 10.6 Å². The molecule has 5 rings (SSSR count). The molecule has 5 fully saturated rings. The van der Waals surface area contributed by atoms with Gasteiger partial charge < -0.3 is 18.9 Å². The number of nitrogens with one attached hydrogen (secondary N) is 2. The lowest BCUT2D eigenvalue weighted by molar-refractivity contribution is -0.174. The normalized spacial score (nSPS) is 49.8. The summed E-state index contributed by atoms with van der Waals surface area (Å²) in [6.07, 6.45) is -0.388. The molecule has 0 radical (unpaired) electrons. The van der Waals surface area contributed by atoms with Crippen LogP contribution in [0.15, 0.2) is 0 Å². The second-order valence-electron chi connectivity index (χ2n) is 9.78. The maximum atomic E-state index is 14.2. The molecule has 1 spiro atoms. The molecule has 180 valence electrons. The van der Waals surface area contributed by atoms with Gasteiger partial charge in [-0.3, -0.25) is 25.1 Å². The van der Waals surface area contributed by atoms with Crippen LogP contribution in [0.4, 0.5) is 0 Å². The predicted molar refractivity (Wildman–Crippen MR) is 115 cm³/mol. The Labute approximate surface area is 193 Å². The number of methoxy groups -OCH3 is 2. The Balaban J connectivity index is 1.49. The van der Waals surface area contributed by atoms with E-state index in [9.17, 15) is 9.59 Å². The molecule has 2 saturated carbocycles. The Bertz CT molecular complexity index is 751. The first-order chi connectivity index (χ1) is 15.4. The van der Waals surface area contributed by atoms with Crippen LogP contribution in [0.25, 0.3) is 0 Å². The Morgan fingerprint density at radius 3 is 2.56 bits per heavy atom. The third-order valence-corrected chi connectivity index (χ3v) is 8.84. The molecule has 3 saturated heterocycles. The quantitative estimate of drug-likeness (QED) is 0.540. The Morgan fingerprint density at radius 1 is 1.16 bits per heavy atom. The van der Waals surface area contributed by atoms with Crippen LogP contribution in [0.5, 0.6) is 0 Å². The number of halogens is 1. The molecule has 32 heavy (non-hydrogen) atoms. The SMILES string of the molecule is COC1CC(OC)C2C(=O)[C@@]3(OC2C1Cl)C1NC(N2CCOCC2)NCC1C(=O)C[C@H]3C. The van der Waals surface area contributed by atoms with Gasteiger partial charge in [-0.15, -0.1) is 11.6 Å². The van der Waals surface area contributed by atoms with Gasteiger partial charge in [0.1, 0.15) is 17.7 Å². The number of alkyl halides is 1.